The Labute approximate surface area is 175 Å². The van der Waals surface area contributed by atoms with Crippen molar-refractivity contribution in [3.63, 3.8) is 0 Å². The lowest BCUT2D eigenvalue weighted by Gasteiger charge is -1.72. The molecule has 0 aliphatic heterocycles. The van der Waals surface area contributed by atoms with Gasteiger partial charge in [0.15, 0.2) is 0 Å². The molecule has 166 valence electrons. The van der Waals surface area contributed by atoms with Crippen LogP contribution in [0.4, 0.5) is 0 Å². The molecule has 6 N–H and O–H groups in total. The highest BCUT2D eigenvalue weighted by Gasteiger charge is 1.54. The first-order chi connectivity index (χ1) is 13.3. The second-order valence-corrected chi connectivity index (χ2v) is 0.986. The van der Waals surface area contributed by atoms with Gasteiger partial charge in [0, 0.05) is 13.1 Å². The van der Waals surface area contributed by atoms with Crippen molar-refractivity contribution < 1.29 is 0 Å². The van der Waals surface area contributed by atoms with Crippen molar-refractivity contribution in [2.24, 2.45) is 17.2 Å². The van der Waals surface area contributed by atoms with E-state index in [1.807, 2.05) is 6.92 Å². The molecule has 0 aromatic heterocycles. The number of nitrogens with two attached hydrogens (primary N) is 3. The fourth-order valence-electron chi connectivity index (χ4n) is 0. The van der Waals surface area contributed by atoms with Crippen molar-refractivity contribution >= 4 is 0 Å². The normalized spacial score (nSPS) is 3.26. The molecule has 0 spiro atoms. The minimum absolute atomic E-state index is 0.597. The Kier molecular flexibility index (Phi) is 476000. The summed E-state index contributed by atoms with van der Waals surface area (Å²) in [6.45, 7) is 63.8. The van der Waals surface area contributed by atoms with Crippen molar-refractivity contribution in [3.05, 3.63) is 132 Å². The number of rotatable bonds is 1. The second kappa shape index (κ2) is 147000. The average molecular weight is 386 g/mol. The predicted molar refractivity (Wildman–Crippen MR) is 145 cm³/mol. The van der Waals surface area contributed by atoms with Crippen LogP contribution in [0, 0.1) is 0 Å². The topological polar surface area (TPSA) is 78.1 Å². The van der Waals surface area contributed by atoms with Crippen LogP contribution in [-0.2, 0) is 0 Å². The molecule has 0 amide bonds. The smallest absolute Gasteiger partial charge is 0.00461 e. The summed E-state index contributed by atoms with van der Waals surface area (Å²) in [7, 11) is 0. The number of hydrogen-bond donors (Lipinski definition) is 3. The SMILES string of the molecule is C=C.C=C.C=C.C=C.C=C.C=C.C=C.C=C.C=C.C=C.CCN.NCCN. The zero-order valence-corrected chi connectivity index (χ0v) is 19.0. The van der Waals surface area contributed by atoms with Crippen LogP contribution < -0.4 is 17.2 Å². The van der Waals surface area contributed by atoms with Crippen LogP contribution in [0.1, 0.15) is 6.92 Å². The molecule has 3 heteroatoms. The van der Waals surface area contributed by atoms with Gasteiger partial charge in [-0.1, -0.05) is 6.92 Å². The van der Waals surface area contributed by atoms with E-state index in [2.05, 4.69) is 132 Å². The zero-order chi connectivity index (χ0) is 26.1. The molecule has 27 heavy (non-hydrogen) atoms. The van der Waals surface area contributed by atoms with Crippen molar-refractivity contribution in [3.8, 4) is 0 Å². The molecular formula is C24H55N3. The van der Waals surface area contributed by atoms with E-state index >= 15 is 0 Å². The largest absolute Gasteiger partial charge is 0.331 e. The minimum atomic E-state index is 0.597. The zero-order valence-electron chi connectivity index (χ0n) is 19.0. The summed E-state index contributed by atoms with van der Waals surface area (Å²) in [5.41, 5.74) is 14.7. The molecule has 0 unspecified atom stereocenters. The van der Waals surface area contributed by atoms with Crippen LogP contribution in [0.15, 0.2) is 132 Å². The van der Waals surface area contributed by atoms with Crippen LogP contribution >= 0.6 is 0 Å². The van der Waals surface area contributed by atoms with E-state index in [-0.39, 0.29) is 0 Å². The predicted octanol–water partition coefficient (Wildman–Crippen LogP) is 6.89. The van der Waals surface area contributed by atoms with Gasteiger partial charge in [-0.2, -0.15) is 0 Å². The maximum atomic E-state index is 4.90. The minimum Gasteiger partial charge on any atom is -0.331 e. The van der Waals surface area contributed by atoms with E-state index < -0.39 is 0 Å². The Hall–Kier alpha value is -2.72. The lowest BCUT2D eigenvalue weighted by atomic mass is 10.7. The summed E-state index contributed by atoms with van der Waals surface area (Å²) in [5.74, 6) is 0. The molecule has 0 saturated carbocycles. The quantitative estimate of drug-likeness (QED) is 0.430. The summed E-state index contributed by atoms with van der Waals surface area (Å²) >= 11 is 0. The van der Waals surface area contributed by atoms with Crippen LogP contribution in [0.25, 0.3) is 0 Å². The standard InChI is InChI=1S/C2H8N2.C2H7N.10C2H4/c3-1-2-4;1-2-3;10*1-2/h1-4H2;2-3H2,1H3;10*1-2H2. The van der Waals surface area contributed by atoms with E-state index in [0.717, 1.165) is 6.54 Å². The van der Waals surface area contributed by atoms with Gasteiger partial charge >= 0.3 is 0 Å². The van der Waals surface area contributed by atoms with Crippen molar-refractivity contribution in [2.45, 2.75) is 6.92 Å². The summed E-state index contributed by atoms with van der Waals surface area (Å²) in [6.07, 6.45) is 0. The summed E-state index contributed by atoms with van der Waals surface area (Å²) in [5, 5.41) is 0. The lowest BCUT2D eigenvalue weighted by molar-refractivity contribution is 0.976. The molecule has 0 saturated heterocycles. The fraction of sp³-hybridized carbons (Fsp3) is 0.167. The van der Waals surface area contributed by atoms with Gasteiger partial charge in [0.05, 0.1) is 0 Å². The molecule has 0 aliphatic carbocycles. The van der Waals surface area contributed by atoms with Gasteiger partial charge in [0.25, 0.3) is 0 Å². The van der Waals surface area contributed by atoms with Gasteiger partial charge in [0.2, 0.25) is 0 Å². The Bertz CT molecular complexity index is 74.6. The molecule has 3 nitrogen and oxygen atoms in total. The van der Waals surface area contributed by atoms with E-state index in [1.165, 1.54) is 0 Å². The van der Waals surface area contributed by atoms with Crippen molar-refractivity contribution in [2.75, 3.05) is 19.6 Å². The third-order valence-corrected chi connectivity index (χ3v) is 0.167. The second-order valence-electron chi connectivity index (χ2n) is 0.986. The molecule has 0 fully saturated rings. The highest BCUT2D eigenvalue weighted by molar-refractivity contribution is 4.26. The van der Waals surface area contributed by atoms with E-state index in [1.54, 1.807) is 0 Å². The third kappa shape index (κ3) is 3560. The molecule has 0 aliphatic rings. The monoisotopic (exact) mass is 385 g/mol. The first kappa shape index (κ1) is 87.3. The third-order valence-electron chi connectivity index (χ3n) is 0.167. The van der Waals surface area contributed by atoms with Gasteiger partial charge in [-0.05, 0) is 6.54 Å². The van der Waals surface area contributed by atoms with Gasteiger partial charge in [-0.3, -0.25) is 0 Å². The molecule has 0 bridgehead atoms. The van der Waals surface area contributed by atoms with Crippen LogP contribution in [-0.4, -0.2) is 19.6 Å². The van der Waals surface area contributed by atoms with E-state index in [0.29, 0.717) is 13.1 Å². The first-order valence-electron chi connectivity index (χ1n) is 7.43. The number of hydrogen-bond acceptors (Lipinski definition) is 3. The van der Waals surface area contributed by atoms with Crippen LogP contribution in [0.2, 0.25) is 0 Å². The van der Waals surface area contributed by atoms with Crippen molar-refractivity contribution in [1.29, 1.82) is 0 Å². The molecule has 0 heterocycles. The van der Waals surface area contributed by atoms with Gasteiger partial charge in [0.1, 0.15) is 0 Å². The molecule has 0 aromatic rings. The molecule has 0 aromatic carbocycles. The highest BCUT2D eigenvalue weighted by Crippen LogP contribution is 1.24. The Morgan fingerprint density at radius 3 is 0.370 bits per heavy atom. The van der Waals surface area contributed by atoms with Crippen LogP contribution in [0.3, 0.4) is 0 Å². The average Bonchev–Trinajstić information content (AvgIpc) is 2.87. The Balaban J connectivity index is -0.00000000921. The Morgan fingerprint density at radius 1 is 0.333 bits per heavy atom. The first-order valence-corrected chi connectivity index (χ1v) is 7.43. The highest BCUT2D eigenvalue weighted by atomic mass is 14.6. The van der Waals surface area contributed by atoms with E-state index in [9.17, 15) is 0 Å². The molecule has 0 rings (SSSR count). The Morgan fingerprint density at radius 2 is 0.370 bits per heavy atom. The van der Waals surface area contributed by atoms with Gasteiger partial charge < -0.3 is 17.2 Å². The van der Waals surface area contributed by atoms with Gasteiger partial charge in [-0.25, -0.2) is 0 Å². The maximum absolute atomic E-state index is 4.90. The summed E-state index contributed by atoms with van der Waals surface area (Å²) in [6, 6.07) is 0. The maximum Gasteiger partial charge on any atom is 0.00461 e. The van der Waals surface area contributed by atoms with E-state index in [4.69, 9.17) is 17.2 Å². The van der Waals surface area contributed by atoms with Gasteiger partial charge in [-0.15, -0.1) is 132 Å². The molecule has 0 atom stereocenters. The molecular weight excluding hydrogens is 330 g/mol. The lowest BCUT2D eigenvalue weighted by Crippen LogP contribution is -2.11. The van der Waals surface area contributed by atoms with Crippen LogP contribution in [0.5, 0.6) is 0 Å². The summed E-state index contributed by atoms with van der Waals surface area (Å²) < 4.78 is 0. The summed E-state index contributed by atoms with van der Waals surface area (Å²) in [4.78, 5) is 0. The van der Waals surface area contributed by atoms with Crippen molar-refractivity contribution in [1.82, 2.24) is 0 Å². The molecule has 0 radical (unpaired) electrons. The fourth-order valence-corrected chi connectivity index (χ4v) is 0.